The summed E-state index contributed by atoms with van der Waals surface area (Å²) in [4.78, 5) is 0. The molecule has 0 unspecified atom stereocenters. The maximum absolute atomic E-state index is 8.18. The number of methoxy groups -OCH3 is 1. The second kappa shape index (κ2) is 3.61. The van der Waals surface area contributed by atoms with Crippen molar-refractivity contribution in [1.82, 2.24) is 0 Å². The Morgan fingerprint density at radius 2 is 2.00 bits per heavy atom. The minimum atomic E-state index is 0.792. The molecule has 0 bridgehead atoms. The third kappa shape index (κ3) is 1.97. The lowest BCUT2D eigenvalue weighted by molar-refractivity contribution is 0.322. The molecular formula is C8H9NO2. The molecule has 0 atom stereocenters. The van der Waals surface area contributed by atoms with E-state index in [0.717, 1.165) is 11.3 Å². The highest BCUT2D eigenvalue weighted by Crippen LogP contribution is 2.09. The summed E-state index contributed by atoms with van der Waals surface area (Å²) in [7, 11) is 1.61. The highest BCUT2D eigenvalue weighted by Gasteiger charge is 1.89. The van der Waals surface area contributed by atoms with Gasteiger partial charge < -0.3 is 9.94 Å². The molecule has 3 heteroatoms. The minimum absolute atomic E-state index is 0.792. The third-order valence-electron chi connectivity index (χ3n) is 1.32. The van der Waals surface area contributed by atoms with E-state index in [1.807, 2.05) is 0 Å². The molecule has 0 saturated heterocycles. The van der Waals surface area contributed by atoms with Gasteiger partial charge in [-0.25, -0.2) is 0 Å². The quantitative estimate of drug-likeness (QED) is 0.395. The van der Waals surface area contributed by atoms with Crippen LogP contribution in [-0.2, 0) is 0 Å². The van der Waals surface area contributed by atoms with Crippen LogP contribution in [0.1, 0.15) is 5.56 Å². The number of rotatable bonds is 2. The van der Waals surface area contributed by atoms with Gasteiger partial charge in [0.05, 0.1) is 13.3 Å². The summed E-state index contributed by atoms with van der Waals surface area (Å²) in [5, 5.41) is 11.1. The standard InChI is InChI=1S/C8H9NO2/c1-11-8-4-2-7(3-5-8)6-9-10/h2-6,10H,1H3/b9-6+. The van der Waals surface area contributed by atoms with Crippen molar-refractivity contribution in [2.75, 3.05) is 7.11 Å². The number of oxime groups is 1. The molecule has 0 radical (unpaired) electrons. The fraction of sp³-hybridized carbons (Fsp3) is 0.125. The van der Waals surface area contributed by atoms with Crippen LogP contribution in [0.25, 0.3) is 0 Å². The Labute approximate surface area is 64.9 Å². The Kier molecular flexibility index (Phi) is 2.49. The maximum Gasteiger partial charge on any atom is 0.118 e. The first kappa shape index (κ1) is 7.60. The molecule has 0 aliphatic rings. The van der Waals surface area contributed by atoms with Gasteiger partial charge >= 0.3 is 0 Å². The molecule has 0 aromatic heterocycles. The Morgan fingerprint density at radius 3 is 2.45 bits per heavy atom. The van der Waals surface area contributed by atoms with Crippen molar-refractivity contribution < 1.29 is 9.94 Å². The van der Waals surface area contributed by atoms with Crippen molar-refractivity contribution in [3.8, 4) is 5.75 Å². The Morgan fingerprint density at radius 1 is 1.36 bits per heavy atom. The molecule has 0 aliphatic heterocycles. The van der Waals surface area contributed by atoms with Crippen LogP contribution >= 0.6 is 0 Å². The molecule has 0 heterocycles. The van der Waals surface area contributed by atoms with Crippen LogP contribution in [0.4, 0.5) is 0 Å². The lowest BCUT2D eigenvalue weighted by Gasteiger charge is -1.97. The van der Waals surface area contributed by atoms with Gasteiger partial charge in [0.1, 0.15) is 5.75 Å². The molecule has 1 rings (SSSR count). The minimum Gasteiger partial charge on any atom is -0.497 e. The van der Waals surface area contributed by atoms with Crippen molar-refractivity contribution in [1.29, 1.82) is 0 Å². The summed E-state index contributed by atoms with van der Waals surface area (Å²) in [5.74, 6) is 0.792. The van der Waals surface area contributed by atoms with Crippen LogP contribution in [0.15, 0.2) is 29.4 Å². The average molecular weight is 151 g/mol. The van der Waals surface area contributed by atoms with E-state index in [-0.39, 0.29) is 0 Å². The fourth-order valence-corrected chi connectivity index (χ4v) is 0.757. The number of hydrogen-bond donors (Lipinski definition) is 1. The third-order valence-corrected chi connectivity index (χ3v) is 1.32. The molecule has 1 aromatic carbocycles. The van der Waals surface area contributed by atoms with Crippen molar-refractivity contribution in [3.63, 3.8) is 0 Å². The predicted molar refractivity (Wildman–Crippen MR) is 42.4 cm³/mol. The van der Waals surface area contributed by atoms with E-state index >= 15 is 0 Å². The number of hydrogen-bond acceptors (Lipinski definition) is 3. The van der Waals surface area contributed by atoms with Gasteiger partial charge in [-0.1, -0.05) is 5.16 Å². The van der Waals surface area contributed by atoms with Crippen molar-refractivity contribution in [3.05, 3.63) is 29.8 Å². The van der Waals surface area contributed by atoms with E-state index in [1.54, 1.807) is 31.4 Å². The predicted octanol–water partition coefficient (Wildman–Crippen LogP) is 1.50. The molecule has 0 saturated carbocycles. The zero-order valence-electron chi connectivity index (χ0n) is 6.19. The Balaban J connectivity index is 2.82. The summed E-state index contributed by atoms with van der Waals surface area (Å²) >= 11 is 0. The second-order valence-corrected chi connectivity index (χ2v) is 2.02. The zero-order valence-corrected chi connectivity index (χ0v) is 6.19. The lowest BCUT2D eigenvalue weighted by Crippen LogP contribution is -1.83. The molecule has 0 aliphatic carbocycles. The summed E-state index contributed by atoms with van der Waals surface area (Å²) in [5.41, 5.74) is 0.841. The Bertz CT molecular complexity index is 241. The first-order chi connectivity index (χ1) is 5.36. The topological polar surface area (TPSA) is 41.8 Å². The van der Waals surface area contributed by atoms with Crippen LogP contribution in [0.5, 0.6) is 5.75 Å². The molecule has 3 nitrogen and oxygen atoms in total. The molecule has 58 valence electrons. The summed E-state index contributed by atoms with van der Waals surface area (Å²) in [6.45, 7) is 0. The zero-order chi connectivity index (χ0) is 8.10. The van der Waals surface area contributed by atoms with Gasteiger partial charge in [-0.15, -0.1) is 0 Å². The van der Waals surface area contributed by atoms with Gasteiger partial charge in [0, 0.05) is 0 Å². The fourth-order valence-electron chi connectivity index (χ4n) is 0.757. The second-order valence-electron chi connectivity index (χ2n) is 2.02. The average Bonchev–Trinajstić information content (AvgIpc) is 2.07. The van der Waals surface area contributed by atoms with E-state index in [0.29, 0.717) is 0 Å². The molecule has 0 amide bonds. The molecule has 0 fully saturated rings. The smallest absolute Gasteiger partial charge is 0.118 e. The highest BCUT2D eigenvalue weighted by atomic mass is 16.5. The van der Waals surface area contributed by atoms with E-state index in [4.69, 9.17) is 9.94 Å². The van der Waals surface area contributed by atoms with Gasteiger partial charge in [-0.2, -0.15) is 0 Å². The van der Waals surface area contributed by atoms with Crippen molar-refractivity contribution in [2.24, 2.45) is 5.16 Å². The molecule has 11 heavy (non-hydrogen) atoms. The van der Waals surface area contributed by atoms with Crippen molar-refractivity contribution in [2.45, 2.75) is 0 Å². The summed E-state index contributed by atoms with van der Waals surface area (Å²) < 4.78 is 4.94. The largest absolute Gasteiger partial charge is 0.497 e. The SMILES string of the molecule is COc1ccc(/C=N/O)cc1. The molecular weight excluding hydrogens is 142 g/mol. The van der Waals surface area contributed by atoms with E-state index in [9.17, 15) is 0 Å². The molecule has 1 N–H and O–H groups in total. The van der Waals surface area contributed by atoms with Gasteiger partial charge in [0.2, 0.25) is 0 Å². The lowest BCUT2D eigenvalue weighted by atomic mass is 10.2. The van der Waals surface area contributed by atoms with Crippen molar-refractivity contribution >= 4 is 6.21 Å². The van der Waals surface area contributed by atoms with Crippen LogP contribution in [0.3, 0.4) is 0 Å². The molecule has 1 aromatic rings. The van der Waals surface area contributed by atoms with Gasteiger partial charge in [0.15, 0.2) is 0 Å². The number of nitrogens with zero attached hydrogens (tertiary/aromatic N) is 1. The van der Waals surface area contributed by atoms with Crippen LogP contribution in [-0.4, -0.2) is 18.5 Å². The van der Waals surface area contributed by atoms with E-state index < -0.39 is 0 Å². The van der Waals surface area contributed by atoms with E-state index in [2.05, 4.69) is 5.16 Å². The van der Waals surface area contributed by atoms with E-state index in [1.165, 1.54) is 6.21 Å². The first-order valence-corrected chi connectivity index (χ1v) is 3.18. The monoisotopic (exact) mass is 151 g/mol. The molecule has 0 spiro atoms. The highest BCUT2D eigenvalue weighted by molar-refractivity contribution is 5.79. The first-order valence-electron chi connectivity index (χ1n) is 3.18. The van der Waals surface area contributed by atoms with Crippen LogP contribution < -0.4 is 4.74 Å². The van der Waals surface area contributed by atoms with Crippen LogP contribution in [0, 0.1) is 0 Å². The van der Waals surface area contributed by atoms with Crippen LogP contribution in [0.2, 0.25) is 0 Å². The maximum atomic E-state index is 8.18. The Hall–Kier alpha value is -1.51. The normalized spacial score (nSPS) is 10.3. The summed E-state index contributed by atoms with van der Waals surface area (Å²) in [6.07, 6.45) is 1.36. The summed E-state index contributed by atoms with van der Waals surface area (Å²) in [6, 6.07) is 7.21. The van der Waals surface area contributed by atoms with Gasteiger partial charge in [-0.05, 0) is 29.8 Å². The van der Waals surface area contributed by atoms with Gasteiger partial charge in [-0.3, -0.25) is 0 Å². The number of ether oxygens (including phenoxy) is 1. The van der Waals surface area contributed by atoms with Gasteiger partial charge in [0.25, 0.3) is 0 Å². The number of benzene rings is 1.